The molecule has 2 aromatic rings. The summed E-state index contributed by atoms with van der Waals surface area (Å²) >= 11 is 0. The van der Waals surface area contributed by atoms with Crippen LogP contribution in [0.5, 0.6) is 5.75 Å². The molecule has 1 aromatic heterocycles. The first kappa shape index (κ1) is 12.6. The maximum atomic E-state index is 9.60. The Kier molecular flexibility index (Phi) is 3.13. The molecule has 0 atom stereocenters. The summed E-state index contributed by atoms with van der Waals surface area (Å²) in [5.74, 6) is 0.967. The molecule has 0 saturated heterocycles. The van der Waals surface area contributed by atoms with Crippen molar-refractivity contribution in [3.8, 4) is 5.75 Å². The number of fused-ring (bicyclic) bond motifs is 1. The van der Waals surface area contributed by atoms with Crippen LogP contribution in [0.25, 0.3) is 10.8 Å². The number of hydrogen-bond donors (Lipinski definition) is 2. The lowest BCUT2D eigenvalue weighted by molar-refractivity contribution is 0.216. The Bertz CT molecular complexity index is 567. The van der Waals surface area contributed by atoms with E-state index in [1.165, 1.54) is 0 Å². The molecule has 18 heavy (non-hydrogen) atoms. The summed E-state index contributed by atoms with van der Waals surface area (Å²) in [6, 6.07) is 7.11. The van der Waals surface area contributed by atoms with Crippen molar-refractivity contribution in [1.82, 2.24) is 4.98 Å². The van der Waals surface area contributed by atoms with Gasteiger partial charge in [-0.1, -0.05) is 6.07 Å². The second-order valence-corrected chi connectivity index (χ2v) is 5.07. The van der Waals surface area contributed by atoms with Crippen molar-refractivity contribution in [3.63, 3.8) is 0 Å². The van der Waals surface area contributed by atoms with Gasteiger partial charge in [0.15, 0.2) is 0 Å². The maximum Gasteiger partial charge on any atom is 0.136 e. The predicted octanol–water partition coefficient (Wildman–Crippen LogP) is 2.15. The zero-order chi connectivity index (χ0) is 13.3. The number of phenols is 1. The minimum Gasteiger partial charge on any atom is -0.508 e. The fourth-order valence-electron chi connectivity index (χ4n) is 1.80. The van der Waals surface area contributed by atoms with Gasteiger partial charge in [-0.3, -0.25) is 0 Å². The van der Waals surface area contributed by atoms with E-state index in [2.05, 4.69) is 4.98 Å². The molecule has 1 aromatic carbocycles. The molecule has 0 spiro atoms. The molecule has 4 nitrogen and oxygen atoms in total. The van der Waals surface area contributed by atoms with Crippen LogP contribution in [0.2, 0.25) is 0 Å². The van der Waals surface area contributed by atoms with Gasteiger partial charge >= 0.3 is 0 Å². The van der Waals surface area contributed by atoms with Crippen molar-refractivity contribution < 1.29 is 10.2 Å². The van der Waals surface area contributed by atoms with Crippen molar-refractivity contribution in [3.05, 3.63) is 30.5 Å². The highest BCUT2D eigenvalue weighted by molar-refractivity contribution is 5.93. The lowest BCUT2D eigenvalue weighted by Gasteiger charge is -2.35. The van der Waals surface area contributed by atoms with Gasteiger partial charge in [0.1, 0.15) is 11.6 Å². The third kappa shape index (κ3) is 2.11. The van der Waals surface area contributed by atoms with Crippen LogP contribution in [0.4, 0.5) is 5.82 Å². The standard InChI is InChI=1S/C14H18N2O2/c1-14(2,9-17)16(3)13-12-8-11(18)5-4-10(12)6-7-15-13/h4-8,17-18H,9H2,1-3H3. The Hall–Kier alpha value is -1.81. The van der Waals surface area contributed by atoms with Crippen molar-refractivity contribution in [1.29, 1.82) is 0 Å². The minimum atomic E-state index is -0.410. The lowest BCUT2D eigenvalue weighted by atomic mass is 10.0. The van der Waals surface area contributed by atoms with Crippen molar-refractivity contribution >= 4 is 16.6 Å². The van der Waals surface area contributed by atoms with E-state index in [0.717, 1.165) is 16.6 Å². The molecule has 0 aliphatic rings. The number of pyridine rings is 1. The Labute approximate surface area is 107 Å². The first-order valence-corrected chi connectivity index (χ1v) is 5.88. The van der Waals surface area contributed by atoms with Gasteiger partial charge in [0.2, 0.25) is 0 Å². The third-order valence-electron chi connectivity index (χ3n) is 3.34. The number of anilines is 1. The molecule has 4 heteroatoms. The number of nitrogens with zero attached hydrogens (tertiary/aromatic N) is 2. The molecule has 2 rings (SSSR count). The number of aromatic hydroxyl groups is 1. The van der Waals surface area contributed by atoms with Crippen LogP contribution in [0.1, 0.15) is 13.8 Å². The largest absolute Gasteiger partial charge is 0.508 e. The van der Waals surface area contributed by atoms with Gasteiger partial charge in [-0.25, -0.2) is 4.98 Å². The average Bonchev–Trinajstić information content (AvgIpc) is 2.37. The van der Waals surface area contributed by atoms with E-state index in [0.29, 0.717) is 0 Å². The molecule has 0 radical (unpaired) electrons. The fourth-order valence-corrected chi connectivity index (χ4v) is 1.80. The smallest absolute Gasteiger partial charge is 0.136 e. The Balaban J connectivity index is 2.60. The van der Waals surface area contributed by atoms with Crippen LogP contribution in [0.3, 0.4) is 0 Å². The first-order chi connectivity index (χ1) is 8.45. The number of hydrogen-bond acceptors (Lipinski definition) is 4. The molecule has 0 bridgehead atoms. The highest BCUT2D eigenvalue weighted by Crippen LogP contribution is 2.30. The van der Waals surface area contributed by atoms with Gasteiger partial charge < -0.3 is 15.1 Å². The number of phenolic OH excluding ortho intramolecular Hbond substituents is 1. The summed E-state index contributed by atoms with van der Waals surface area (Å²) in [4.78, 5) is 6.29. The second-order valence-electron chi connectivity index (χ2n) is 5.07. The molecule has 0 saturated carbocycles. The summed E-state index contributed by atoms with van der Waals surface area (Å²) in [7, 11) is 1.89. The Morgan fingerprint density at radius 2 is 2.00 bits per heavy atom. The summed E-state index contributed by atoms with van der Waals surface area (Å²) < 4.78 is 0. The van der Waals surface area contributed by atoms with E-state index in [-0.39, 0.29) is 12.4 Å². The van der Waals surface area contributed by atoms with Crippen molar-refractivity contribution in [2.24, 2.45) is 0 Å². The topological polar surface area (TPSA) is 56.6 Å². The quantitative estimate of drug-likeness (QED) is 0.871. The molecule has 1 heterocycles. The average molecular weight is 246 g/mol. The van der Waals surface area contributed by atoms with E-state index in [1.54, 1.807) is 18.3 Å². The van der Waals surface area contributed by atoms with Crippen LogP contribution in [0, 0.1) is 0 Å². The molecule has 0 fully saturated rings. The van der Waals surface area contributed by atoms with E-state index in [1.807, 2.05) is 37.9 Å². The fraction of sp³-hybridized carbons (Fsp3) is 0.357. The molecule has 0 unspecified atom stereocenters. The molecular weight excluding hydrogens is 228 g/mol. The van der Waals surface area contributed by atoms with Gasteiger partial charge in [0.25, 0.3) is 0 Å². The van der Waals surface area contributed by atoms with Gasteiger partial charge in [-0.15, -0.1) is 0 Å². The maximum absolute atomic E-state index is 9.60. The number of aliphatic hydroxyl groups is 1. The normalized spacial score (nSPS) is 11.8. The van der Waals surface area contributed by atoms with Crippen LogP contribution in [-0.4, -0.2) is 34.4 Å². The van der Waals surface area contributed by atoms with E-state index >= 15 is 0 Å². The number of aromatic nitrogens is 1. The molecule has 96 valence electrons. The number of rotatable bonds is 3. The first-order valence-electron chi connectivity index (χ1n) is 5.88. The monoisotopic (exact) mass is 246 g/mol. The molecular formula is C14H18N2O2. The van der Waals surface area contributed by atoms with Crippen LogP contribution in [-0.2, 0) is 0 Å². The Morgan fingerprint density at radius 3 is 2.67 bits per heavy atom. The van der Waals surface area contributed by atoms with Gasteiger partial charge in [0.05, 0.1) is 12.1 Å². The van der Waals surface area contributed by atoms with Crippen LogP contribution < -0.4 is 4.90 Å². The zero-order valence-electron chi connectivity index (χ0n) is 10.9. The summed E-state index contributed by atoms with van der Waals surface area (Å²) in [6.07, 6.45) is 1.73. The summed E-state index contributed by atoms with van der Waals surface area (Å²) in [6.45, 7) is 3.91. The van der Waals surface area contributed by atoms with Crippen molar-refractivity contribution in [2.75, 3.05) is 18.6 Å². The Morgan fingerprint density at radius 1 is 1.28 bits per heavy atom. The second kappa shape index (κ2) is 4.46. The summed E-state index contributed by atoms with van der Waals surface area (Å²) in [5, 5.41) is 20.9. The van der Waals surface area contributed by atoms with Crippen molar-refractivity contribution in [2.45, 2.75) is 19.4 Å². The predicted molar refractivity (Wildman–Crippen MR) is 73.0 cm³/mol. The van der Waals surface area contributed by atoms with Gasteiger partial charge in [-0.2, -0.15) is 0 Å². The molecule has 0 aliphatic heterocycles. The van der Waals surface area contributed by atoms with E-state index < -0.39 is 5.54 Å². The highest BCUT2D eigenvalue weighted by atomic mass is 16.3. The third-order valence-corrected chi connectivity index (χ3v) is 3.34. The summed E-state index contributed by atoms with van der Waals surface area (Å²) in [5.41, 5.74) is -0.410. The zero-order valence-corrected chi connectivity index (χ0v) is 10.9. The SMILES string of the molecule is CN(c1nccc2ccc(O)cc12)C(C)(C)CO. The van der Waals surface area contributed by atoms with Crippen LogP contribution in [0.15, 0.2) is 30.5 Å². The van der Waals surface area contributed by atoms with Gasteiger partial charge in [0, 0.05) is 18.6 Å². The molecule has 0 aliphatic carbocycles. The van der Waals surface area contributed by atoms with Gasteiger partial charge in [-0.05, 0) is 37.4 Å². The number of benzene rings is 1. The van der Waals surface area contributed by atoms with Crippen LogP contribution >= 0.6 is 0 Å². The number of likely N-dealkylation sites (N-methyl/N-ethyl adjacent to an activating group) is 1. The number of aliphatic hydroxyl groups excluding tert-OH is 1. The highest BCUT2D eigenvalue weighted by Gasteiger charge is 2.24. The van der Waals surface area contributed by atoms with E-state index in [9.17, 15) is 10.2 Å². The lowest BCUT2D eigenvalue weighted by Crippen LogP contribution is -2.44. The molecule has 0 amide bonds. The molecule has 2 N–H and O–H groups in total. The van der Waals surface area contributed by atoms with E-state index in [4.69, 9.17) is 0 Å². The minimum absolute atomic E-state index is 0.0282.